The molecule has 0 saturated heterocycles. The number of benzene rings is 2. The van der Waals surface area contributed by atoms with E-state index in [1.165, 1.54) is 5.56 Å². The van der Waals surface area contributed by atoms with Gasteiger partial charge in [-0.15, -0.1) is 0 Å². The van der Waals surface area contributed by atoms with Crippen LogP contribution in [-0.4, -0.2) is 13.4 Å². The van der Waals surface area contributed by atoms with Gasteiger partial charge in [0.2, 0.25) is 10.0 Å². The van der Waals surface area contributed by atoms with Gasteiger partial charge in [-0.3, -0.25) is 4.98 Å². The van der Waals surface area contributed by atoms with Gasteiger partial charge in [0, 0.05) is 6.54 Å². The SMILES string of the molecule is O=c1[nH]c2ccc(CNS(=O)(=O)c3ccc4c(c3)CCC4)cc2o1. The Labute approximate surface area is 138 Å². The average Bonchev–Trinajstić information content (AvgIpc) is 3.16. The molecule has 1 aliphatic carbocycles. The molecule has 7 heteroatoms. The molecule has 0 atom stereocenters. The van der Waals surface area contributed by atoms with Crippen LogP contribution in [0.4, 0.5) is 0 Å². The number of aromatic amines is 1. The lowest BCUT2D eigenvalue weighted by Crippen LogP contribution is -2.23. The van der Waals surface area contributed by atoms with Crippen molar-refractivity contribution in [2.45, 2.75) is 30.7 Å². The minimum atomic E-state index is -3.58. The quantitative estimate of drug-likeness (QED) is 0.758. The second-order valence-corrected chi connectivity index (χ2v) is 7.72. The highest BCUT2D eigenvalue weighted by atomic mass is 32.2. The fourth-order valence-corrected chi connectivity index (χ4v) is 4.14. The summed E-state index contributed by atoms with van der Waals surface area (Å²) in [5.41, 5.74) is 4.07. The van der Waals surface area contributed by atoms with Crippen LogP contribution in [0.2, 0.25) is 0 Å². The van der Waals surface area contributed by atoms with Gasteiger partial charge < -0.3 is 4.42 Å². The molecule has 4 rings (SSSR count). The molecule has 1 aromatic heterocycles. The lowest BCUT2D eigenvalue weighted by atomic mass is 10.1. The third-order valence-electron chi connectivity index (χ3n) is 4.33. The Balaban J connectivity index is 1.55. The van der Waals surface area contributed by atoms with Gasteiger partial charge in [0.1, 0.15) is 0 Å². The van der Waals surface area contributed by atoms with Crippen LogP contribution >= 0.6 is 0 Å². The van der Waals surface area contributed by atoms with Crippen LogP contribution in [0, 0.1) is 0 Å². The van der Waals surface area contributed by atoms with E-state index in [9.17, 15) is 13.2 Å². The number of fused-ring (bicyclic) bond motifs is 2. The van der Waals surface area contributed by atoms with Gasteiger partial charge >= 0.3 is 5.76 Å². The maximum Gasteiger partial charge on any atom is 0.417 e. The molecule has 1 aliphatic rings. The zero-order valence-corrected chi connectivity index (χ0v) is 13.7. The van der Waals surface area contributed by atoms with Crippen LogP contribution in [0.1, 0.15) is 23.1 Å². The summed E-state index contributed by atoms with van der Waals surface area (Å²) in [6.45, 7) is 0.129. The smallest absolute Gasteiger partial charge is 0.408 e. The molecule has 0 unspecified atom stereocenters. The summed E-state index contributed by atoms with van der Waals surface area (Å²) in [7, 11) is -3.58. The van der Waals surface area contributed by atoms with Crippen LogP contribution < -0.4 is 10.5 Å². The molecule has 3 aromatic rings. The first-order valence-electron chi connectivity index (χ1n) is 7.74. The average molecular weight is 344 g/mol. The van der Waals surface area contributed by atoms with E-state index < -0.39 is 15.8 Å². The summed E-state index contributed by atoms with van der Waals surface area (Å²) in [4.78, 5) is 14.0. The molecule has 0 spiro atoms. The molecule has 124 valence electrons. The topological polar surface area (TPSA) is 92.2 Å². The molecule has 1 heterocycles. The van der Waals surface area contributed by atoms with Gasteiger partial charge in [-0.1, -0.05) is 12.1 Å². The molecule has 24 heavy (non-hydrogen) atoms. The summed E-state index contributed by atoms with van der Waals surface area (Å²) in [6, 6.07) is 10.4. The van der Waals surface area contributed by atoms with Crippen molar-refractivity contribution >= 4 is 21.1 Å². The Morgan fingerprint density at radius 1 is 1.08 bits per heavy atom. The summed E-state index contributed by atoms with van der Waals surface area (Å²) in [5.74, 6) is -0.527. The molecule has 0 radical (unpaired) electrons. The van der Waals surface area contributed by atoms with Crippen LogP contribution in [0.3, 0.4) is 0 Å². The largest absolute Gasteiger partial charge is 0.417 e. The highest BCUT2D eigenvalue weighted by Crippen LogP contribution is 2.24. The Bertz CT molecular complexity index is 1080. The zero-order valence-electron chi connectivity index (χ0n) is 12.8. The van der Waals surface area contributed by atoms with E-state index in [1.54, 1.807) is 30.3 Å². The molecule has 6 nitrogen and oxygen atoms in total. The van der Waals surface area contributed by atoms with Gasteiger partial charge in [-0.25, -0.2) is 17.9 Å². The lowest BCUT2D eigenvalue weighted by molar-refractivity contribution is 0.554. The van der Waals surface area contributed by atoms with Crippen LogP contribution in [0.25, 0.3) is 11.1 Å². The van der Waals surface area contributed by atoms with E-state index in [-0.39, 0.29) is 11.4 Å². The number of nitrogens with one attached hydrogen (secondary N) is 2. The highest BCUT2D eigenvalue weighted by Gasteiger charge is 2.18. The third kappa shape index (κ3) is 2.76. The predicted octanol–water partition coefficient (Wildman–Crippen LogP) is 2.09. The first kappa shape index (κ1) is 15.2. The molecular formula is C17H16N2O4S. The molecule has 0 amide bonds. The first-order valence-corrected chi connectivity index (χ1v) is 9.23. The van der Waals surface area contributed by atoms with Crippen molar-refractivity contribution in [1.29, 1.82) is 0 Å². The molecule has 0 bridgehead atoms. The molecule has 0 fully saturated rings. The Hall–Kier alpha value is -2.38. The maximum atomic E-state index is 12.5. The van der Waals surface area contributed by atoms with E-state index in [0.717, 1.165) is 30.4 Å². The van der Waals surface area contributed by atoms with Crippen molar-refractivity contribution in [3.63, 3.8) is 0 Å². The van der Waals surface area contributed by atoms with E-state index in [0.29, 0.717) is 11.1 Å². The number of rotatable bonds is 4. The first-order chi connectivity index (χ1) is 11.5. The van der Waals surface area contributed by atoms with Gasteiger partial charge in [0.15, 0.2) is 5.58 Å². The minimum absolute atomic E-state index is 0.129. The monoisotopic (exact) mass is 344 g/mol. The van der Waals surface area contributed by atoms with Crippen LogP contribution in [0.5, 0.6) is 0 Å². The molecule has 2 N–H and O–H groups in total. The number of sulfonamides is 1. The Morgan fingerprint density at radius 3 is 2.79 bits per heavy atom. The fourth-order valence-electron chi connectivity index (χ4n) is 3.08. The third-order valence-corrected chi connectivity index (χ3v) is 5.73. The van der Waals surface area contributed by atoms with Crippen LogP contribution in [0.15, 0.2) is 50.5 Å². The summed E-state index contributed by atoms with van der Waals surface area (Å²) in [6.07, 6.45) is 3.03. The van der Waals surface area contributed by atoms with E-state index in [1.807, 2.05) is 6.07 Å². The number of aryl methyl sites for hydroxylation is 2. The van der Waals surface area contributed by atoms with E-state index in [2.05, 4.69) is 9.71 Å². The summed E-state index contributed by atoms with van der Waals surface area (Å²) in [5, 5.41) is 0. The van der Waals surface area contributed by atoms with E-state index >= 15 is 0 Å². The zero-order chi connectivity index (χ0) is 16.7. The maximum absolute atomic E-state index is 12.5. The van der Waals surface area contributed by atoms with Gasteiger partial charge in [0.25, 0.3) is 0 Å². The van der Waals surface area contributed by atoms with Crippen molar-refractivity contribution in [2.24, 2.45) is 0 Å². The Kier molecular flexibility index (Phi) is 3.54. The summed E-state index contributed by atoms with van der Waals surface area (Å²) >= 11 is 0. The fraction of sp³-hybridized carbons (Fsp3) is 0.235. The van der Waals surface area contributed by atoms with Gasteiger partial charge in [0.05, 0.1) is 10.4 Å². The summed E-state index contributed by atoms with van der Waals surface area (Å²) < 4.78 is 32.5. The molecular weight excluding hydrogens is 328 g/mol. The number of hydrogen-bond donors (Lipinski definition) is 2. The standard InChI is InChI=1S/C17H16N2O4S/c20-17-19-15-7-4-11(8-16(15)23-17)10-18-24(21,22)14-6-5-12-2-1-3-13(12)9-14/h4-9,18H,1-3,10H2,(H,19,20). The van der Waals surface area contributed by atoms with Crippen molar-refractivity contribution in [2.75, 3.05) is 0 Å². The second-order valence-electron chi connectivity index (χ2n) is 5.95. The van der Waals surface area contributed by atoms with Crippen molar-refractivity contribution in [3.05, 3.63) is 63.6 Å². The van der Waals surface area contributed by atoms with Crippen LogP contribution in [-0.2, 0) is 29.4 Å². The minimum Gasteiger partial charge on any atom is -0.408 e. The van der Waals surface area contributed by atoms with E-state index in [4.69, 9.17) is 4.42 Å². The van der Waals surface area contributed by atoms with Crippen molar-refractivity contribution in [1.82, 2.24) is 9.71 Å². The molecule has 2 aromatic carbocycles. The van der Waals surface area contributed by atoms with Gasteiger partial charge in [-0.2, -0.15) is 0 Å². The number of hydrogen-bond acceptors (Lipinski definition) is 4. The second kappa shape index (κ2) is 5.61. The predicted molar refractivity (Wildman–Crippen MR) is 89.3 cm³/mol. The van der Waals surface area contributed by atoms with Gasteiger partial charge in [-0.05, 0) is 60.2 Å². The number of oxazole rings is 1. The van der Waals surface area contributed by atoms with Crippen molar-refractivity contribution < 1.29 is 12.8 Å². The lowest BCUT2D eigenvalue weighted by Gasteiger charge is -2.08. The van der Waals surface area contributed by atoms with Crippen molar-refractivity contribution in [3.8, 4) is 0 Å². The number of aromatic nitrogens is 1. The normalized spacial score (nSPS) is 14.2. The number of H-pyrrole nitrogens is 1. The Morgan fingerprint density at radius 2 is 1.92 bits per heavy atom. The highest BCUT2D eigenvalue weighted by molar-refractivity contribution is 7.89. The molecule has 0 aliphatic heterocycles. The molecule has 0 saturated carbocycles.